The van der Waals surface area contributed by atoms with Crippen molar-refractivity contribution in [3.8, 4) is 0 Å². The fraction of sp³-hybridized carbons (Fsp3) is 0.846. The van der Waals surface area contributed by atoms with E-state index in [9.17, 15) is 13.8 Å². The number of amides is 2. The Morgan fingerprint density at radius 3 is 2.52 bits per heavy atom. The van der Waals surface area contributed by atoms with E-state index < -0.39 is 28.6 Å². The van der Waals surface area contributed by atoms with Crippen molar-refractivity contribution in [1.29, 1.82) is 0 Å². The van der Waals surface area contributed by atoms with E-state index in [4.69, 9.17) is 9.47 Å². The van der Waals surface area contributed by atoms with Crippen molar-refractivity contribution in [2.24, 2.45) is 0 Å². The first-order valence-electron chi connectivity index (χ1n) is 6.92. The molecule has 0 aliphatic carbocycles. The van der Waals surface area contributed by atoms with Crippen LogP contribution >= 0.6 is 0 Å². The van der Waals surface area contributed by atoms with E-state index in [1.54, 1.807) is 31.9 Å². The Labute approximate surface area is 127 Å². The van der Waals surface area contributed by atoms with Gasteiger partial charge < -0.3 is 14.4 Å². The molecule has 21 heavy (non-hydrogen) atoms. The number of rotatable bonds is 2. The highest BCUT2D eigenvalue weighted by atomic mass is 32.2. The molecule has 120 valence electrons. The fourth-order valence-electron chi connectivity index (χ4n) is 2.56. The lowest BCUT2D eigenvalue weighted by Gasteiger charge is -2.26. The van der Waals surface area contributed by atoms with Gasteiger partial charge in [-0.25, -0.2) is 9.59 Å². The lowest BCUT2D eigenvalue weighted by atomic mass is 10.2. The predicted octanol–water partition coefficient (Wildman–Crippen LogP) is 0.805. The highest BCUT2D eigenvalue weighted by Gasteiger charge is 2.45. The molecule has 0 radical (unpaired) electrons. The van der Waals surface area contributed by atoms with Gasteiger partial charge in [0.15, 0.2) is 0 Å². The average Bonchev–Trinajstić information content (AvgIpc) is 2.91. The van der Waals surface area contributed by atoms with Crippen LogP contribution in [0.4, 0.5) is 9.59 Å². The Balaban J connectivity index is 2.10. The van der Waals surface area contributed by atoms with E-state index in [-0.39, 0.29) is 11.3 Å². The maximum Gasteiger partial charge on any atom is 0.410 e. The van der Waals surface area contributed by atoms with Crippen LogP contribution < -0.4 is 0 Å². The van der Waals surface area contributed by atoms with Crippen molar-refractivity contribution in [2.45, 2.75) is 37.7 Å². The largest absolute Gasteiger partial charge is 0.448 e. The summed E-state index contributed by atoms with van der Waals surface area (Å²) in [6, 6.07) is -0.279. The fourth-order valence-corrected chi connectivity index (χ4v) is 3.63. The molecule has 0 aromatic heterocycles. The number of carbonyl (C=O) groups is 2. The van der Waals surface area contributed by atoms with Crippen molar-refractivity contribution in [3.63, 3.8) is 0 Å². The summed E-state index contributed by atoms with van der Waals surface area (Å²) < 4.78 is 22.2. The van der Waals surface area contributed by atoms with Crippen LogP contribution in [0.5, 0.6) is 0 Å². The molecule has 0 bridgehead atoms. The van der Waals surface area contributed by atoms with E-state index in [1.165, 1.54) is 4.90 Å². The molecule has 3 atom stereocenters. The summed E-state index contributed by atoms with van der Waals surface area (Å²) in [6.45, 7) is 6.86. The number of hydrogen-bond donors (Lipinski definition) is 0. The van der Waals surface area contributed by atoms with Crippen molar-refractivity contribution < 1.29 is 23.3 Å². The third-order valence-corrected chi connectivity index (χ3v) is 4.82. The first-order valence-corrected chi connectivity index (χ1v) is 8.55. The minimum absolute atomic E-state index is 0.275. The Morgan fingerprint density at radius 1 is 1.38 bits per heavy atom. The molecule has 2 rings (SSSR count). The lowest BCUT2D eigenvalue weighted by molar-refractivity contribution is 0.0283. The normalized spacial score (nSPS) is 27.7. The Morgan fingerprint density at radius 2 is 2.05 bits per heavy atom. The monoisotopic (exact) mass is 318 g/mol. The third-order valence-electron chi connectivity index (χ3n) is 3.51. The van der Waals surface area contributed by atoms with E-state index >= 15 is 0 Å². The summed E-state index contributed by atoms with van der Waals surface area (Å²) in [5, 5.41) is -0.275. The second kappa shape index (κ2) is 5.82. The molecule has 7 nitrogen and oxygen atoms in total. The van der Waals surface area contributed by atoms with Crippen LogP contribution in [-0.4, -0.2) is 75.6 Å². The lowest BCUT2D eigenvalue weighted by Crippen LogP contribution is -2.45. The molecule has 2 fully saturated rings. The molecule has 2 amide bonds. The van der Waals surface area contributed by atoms with Crippen molar-refractivity contribution in [2.75, 3.05) is 32.5 Å². The van der Waals surface area contributed by atoms with Gasteiger partial charge in [-0.05, 0) is 20.8 Å². The molecule has 2 aliphatic rings. The second-order valence-corrected chi connectivity index (χ2v) is 7.90. The standard InChI is InChI=1S/C13H22N2O5S/c1-13(2,3)20-11(16)14-7-9(10(8-14)21(4)18)15-5-6-19-12(15)17/h9-10H,5-8H2,1-4H3/t9-,10-,21?/m0/s1. The van der Waals surface area contributed by atoms with Crippen molar-refractivity contribution >= 4 is 23.0 Å². The second-order valence-electron chi connectivity index (χ2n) is 6.30. The van der Waals surface area contributed by atoms with E-state index in [2.05, 4.69) is 0 Å². The van der Waals surface area contributed by atoms with Crippen molar-refractivity contribution in [3.05, 3.63) is 0 Å². The van der Waals surface area contributed by atoms with Gasteiger partial charge in [-0.15, -0.1) is 0 Å². The molecular formula is C13H22N2O5S. The topological polar surface area (TPSA) is 76.2 Å². The summed E-state index contributed by atoms with van der Waals surface area (Å²) in [7, 11) is -1.14. The zero-order chi connectivity index (χ0) is 15.8. The van der Waals surface area contributed by atoms with Crippen LogP contribution in [0.1, 0.15) is 20.8 Å². The summed E-state index contributed by atoms with van der Waals surface area (Å²) >= 11 is 0. The number of hydrogen-bond acceptors (Lipinski definition) is 5. The van der Waals surface area contributed by atoms with Gasteiger partial charge in [0.1, 0.15) is 12.2 Å². The van der Waals surface area contributed by atoms with Gasteiger partial charge in [0.25, 0.3) is 0 Å². The van der Waals surface area contributed by atoms with Crippen LogP contribution in [0, 0.1) is 0 Å². The third kappa shape index (κ3) is 3.66. The minimum atomic E-state index is -1.14. The molecule has 0 aromatic rings. The number of nitrogens with zero attached hydrogens (tertiary/aromatic N) is 2. The average molecular weight is 318 g/mol. The summed E-state index contributed by atoms with van der Waals surface area (Å²) in [6.07, 6.45) is 0.756. The van der Waals surface area contributed by atoms with Gasteiger partial charge in [0.2, 0.25) is 0 Å². The SMILES string of the molecule is CS(=O)[C@H]1CN(C(=O)OC(C)(C)C)C[C@@H]1N1CCOC1=O. The zero-order valence-corrected chi connectivity index (χ0v) is 13.6. The van der Waals surface area contributed by atoms with Crippen molar-refractivity contribution in [1.82, 2.24) is 9.80 Å². The van der Waals surface area contributed by atoms with Gasteiger partial charge >= 0.3 is 12.2 Å². The highest BCUT2D eigenvalue weighted by molar-refractivity contribution is 7.85. The van der Waals surface area contributed by atoms with Crippen LogP contribution in [0.2, 0.25) is 0 Å². The Kier molecular flexibility index (Phi) is 4.46. The van der Waals surface area contributed by atoms with Crippen LogP contribution in [0.25, 0.3) is 0 Å². The molecular weight excluding hydrogens is 296 g/mol. The van der Waals surface area contributed by atoms with Gasteiger partial charge in [0, 0.05) is 30.1 Å². The number of ether oxygens (including phenoxy) is 2. The quantitative estimate of drug-likeness (QED) is 0.753. The molecule has 1 unspecified atom stereocenters. The van der Waals surface area contributed by atoms with Gasteiger partial charge in [-0.1, -0.05) is 0 Å². The molecule has 8 heteroatoms. The maximum atomic E-state index is 12.1. The molecule has 0 aromatic carbocycles. The molecule has 2 aliphatic heterocycles. The first kappa shape index (κ1) is 16.1. The summed E-state index contributed by atoms with van der Waals surface area (Å²) in [5.41, 5.74) is -0.581. The van der Waals surface area contributed by atoms with E-state index in [0.29, 0.717) is 26.2 Å². The first-order chi connectivity index (χ1) is 9.69. The van der Waals surface area contributed by atoms with Gasteiger partial charge in [-0.2, -0.15) is 0 Å². The van der Waals surface area contributed by atoms with E-state index in [1.807, 2.05) is 0 Å². The van der Waals surface area contributed by atoms with Gasteiger partial charge in [-0.3, -0.25) is 9.11 Å². The summed E-state index contributed by atoms with van der Waals surface area (Å²) in [5.74, 6) is 0. The van der Waals surface area contributed by atoms with Crippen LogP contribution in [0.15, 0.2) is 0 Å². The molecule has 2 heterocycles. The van der Waals surface area contributed by atoms with Crippen LogP contribution in [0.3, 0.4) is 0 Å². The Bertz CT molecular complexity index is 462. The predicted molar refractivity (Wildman–Crippen MR) is 77.5 cm³/mol. The smallest absolute Gasteiger partial charge is 0.410 e. The van der Waals surface area contributed by atoms with Crippen LogP contribution in [-0.2, 0) is 20.3 Å². The number of carbonyl (C=O) groups excluding carboxylic acids is 2. The van der Waals surface area contributed by atoms with Gasteiger partial charge in [0.05, 0.1) is 17.8 Å². The highest BCUT2D eigenvalue weighted by Crippen LogP contribution is 2.24. The Hall–Kier alpha value is -1.31. The number of cyclic esters (lactones) is 1. The van der Waals surface area contributed by atoms with E-state index in [0.717, 1.165) is 0 Å². The molecule has 0 N–H and O–H groups in total. The molecule has 0 saturated carbocycles. The zero-order valence-electron chi connectivity index (χ0n) is 12.8. The minimum Gasteiger partial charge on any atom is -0.448 e. The maximum absolute atomic E-state index is 12.1. The summed E-state index contributed by atoms with van der Waals surface area (Å²) in [4.78, 5) is 26.9. The number of likely N-dealkylation sites (tertiary alicyclic amines) is 1. The molecule has 0 spiro atoms. The molecule has 2 saturated heterocycles.